The van der Waals surface area contributed by atoms with Crippen molar-refractivity contribution in [1.29, 1.82) is 0 Å². The van der Waals surface area contributed by atoms with Gasteiger partial charge >= 0.3 is 12.3 Å². The van der Waals surface area contributed by atoms with Crippen molar-refractivity contribution >= 4 is 34.7 Å². The van der Waals surface area contributed by atoms with Crippen LogP contribution in [-0.2, 0) is 9.47 Å². The first-order valence-corrected chi connectivity index (χ1v) is 8.66. The lowest BCUT2D eigenvalue weighted by Crippen LogP contribution is -2.17. The van der Waals surface area contributed by atoms with Gasteiger partial charge in [-0.05, 0) is 45.9 Å². The molecule has 0 amide bonds. The molecule has 0 heterocycles. The highest BCUT2D eigenvalue weighted by Crippen LogP contribution is 2.42. The molecule has 0 radical (unpaired) electrons. The maximum absolute atomic E-state index is 12.0. The van der Waals surface area contributed by atoms with Crippen molar-refractivity contribution in [2.75, 3.05) is 7.11 Å². The van der Waals surface area contributed by atoms with E-state index in [2.05, 4.69) is 0 Å². The molecule has 27 heavy (non-hydrogen) atoms. The van der Waals surface area contributed by atoms with Crippen molar-refractivity contribution in [3.63, 3.8) is 0 Å². The Bertz CT molecular complexity index is 846. The molecule has 0 N–H and O–H groups in total. The van der Waals surface area contributed by atoms with Crippen LogP contribution in [0.1, 0.15) is 27.7 Å². The third-order valence-electron chi connectivity index (χ3n) is 3.24. The van der Waals surface area contributed by atoms with Gasteiger partial charge in [-0.2, -0.15) is 0 Å². The van der Waals surface area contributed by atoms with Gasteiger partial charge < -0.3 is 23.7 Å². The number of methoxy groups -OCH3 is 1. The molecule has 2 aromatic carbocycles. The molecule has 0 spiro atoms. The minimum absolute atomic E-state index is 0.124. The van der Waals surface area contributed by atoms with Gasteiger partial charge in [0.05, 0.1) is 19.3 Å². The summed E-state index contributed by atoms with van der Waals surface area (Å²) >= 11 is 6.08. The Hall–Kier alpha value is -2.67. The SMILES string of the molecule is COc1cc(OC(=O)OC(C)C)c2cc(Cl)ccc2c1OC(=O)OC(C)C. The van der Waals surface area contributed by atoms with Gasteiger partial charge in [-0.25, -0.2) is 9.59 Å². The third kappa shape index (κ3) is 5.40. The van der Waals surface area contributed by atoms with E-state index in [4.69, 9.17) is 35.3 Å². The fourth-order valence-electron chi connectivity index (χ4n) is 2.26. The number of halogens is 1. The fourth-order valence-corrected chi connectivity index (χ4v) is 2.43. The number of carbonyl (C=O) groups is 2. The van der Waals surface area contributed by atoms with Crippen LogP contribution in [0.25, 0.3) is 10.8 Å². The largest absolute Gasteiger partial charge is 0.514 e. The Labute approximate surface area is 162 Å². The van der Waals surface area contributed by atoms with Gasteiger partial charge in [-0.15, -0.1) is 0 Å². The molecule has 8 heteroatoms. The van der Waals surface area contributed by atoms with Gasteiger partial charge in [-0.3, -0.25) is 0 Å². The summed E-state index contributed by atoms with van der Waals surface area (Å²) in [5.41, 5.74) is 0. The first-order valence-electron chi connectivity index (χ1n) is 8.28. The summed E-state index contributed by atoms with van der Waals surface area (Å²) < 4.78 is 25.9. The van der Waals surface area contributed by atoms with E-state index >= 15 is 0 Å². The molecule has 0 saturated heterocycles. The number of carbonyl (C=O) groups excluding carboxylic acids is 2. The molecular weight excluding hydrogens is 376 g/mol. The van der Waals surface area contributed by atoms with Gasteiger partial charge in [0.2, 0.25) is 0 Å². The van der Waals surface area contributed by atoms with Crippen LogP contribution >= 0.6 is 11.6 Å². The lowest BCUT2D eigenvalue weighted by molar-refractivity contribution is 0.0706. The summed E-state index contributed by atoms with van der Waals surface area (Å²) in [5.74, 6) is 0.455. The molecule has 0 bridgehead atoms. The Balaban J connectivity index is 2.53. The van der Waals surface area contributed by atoms with Crippen molar-refractivity contribution in [2.24, 2.45) is 0 Å². The zero-order valence-electron chi connectivity index (χ0n) is 15.7. The molecule has 0 aromatic heterocycles. The van der Waals surface area contributed by atoms with Crippen LogP contribution in [0.4, 0.5) is 9.59 Å². The zero-order chi connectivity index (χ0) is 20.1. The first kappa shape index (κ1) is 20.6. The summed E-state index contributed by atoms with van der Waals surface area (Å²) in [7, 11) is 1.40. The van der Waals surface area contributed by atoms with E-state index in [1.807, 2.05) is 0 Å². The van der Waals surface area contributed by atoms with Crippen LogP contribution in [0.3, 0.4) is 0 Å². The van der Waals surface area contributed by atoms with E-state index in [1.165, 1.54) is 13.2 Å². The second-order valence-corrected chi connectivity index (χ2v) is 6.57. The molecule has 2 rings (SSSR count). The molecule has 2 aromatic rings. The minimum atomic E-state index is -0.882. The number of hydrogen-bond donors (Lipinski definition) is 0. The maximum atomic E-state index is 12.0. The maximum Gasteiger partial charge on any atom is 0.514 e. The van der Waals surface area contributed by atoms with Gasteiger partial charge in [0.15, 0.2) is 11.5 Å². The molecule has 0 aliphatic carbocycles. The van der Waals surface area contributed by atoms with E-state index < -0.39 is 12.3 Å². The van der Waals surface area contributed by atoms with E-state index in [0.717, 1.165) is 0 Å². The predicted molar refractivity (Wildman–Crippen MR) is 100 cm³/mol. The highest BCUT2D eigenvalue weighted by atomic mass is 35.5. The Kier molecular flexibility index (Phi) is 6.74. The lowest BCUT2D eigenvalue weighted by Gasteiger charge is -2.16. The Morgan fingerprint density at radius 1 is 0.852 bits per heavy atom. The molecule has 0 unspecified atom stereocenters. The summed E-state index contributed by atoms with van der Waals surface area (Å²) in [6.45, 7) is 6.81. The summed E-state index contributed by atoms with van der Waals surface area (Å²) in [4.78, 5) is 23.9. The molecule has 0 fully saturated rings. The zero-order valence-corrected chi connectivity index (χ0v) is 16.5. The van der Waals surface area contributed by atoms with Crippen LogP contribution in [0, 0.1) is 0 Å². The van der Waals surface area contributed by atoms with E-state index in [1.54, 1.807) is 45.9 Å². The molecule has 0 atom stereocenters. The average Bonchev–Trinajstić information content (AvgIpc) is 2.55. The van der Waals surface area contributed by atoms with Crippen molar-refractivity contribution in [1.82, 2.24) is 0 Å². The molecular formula is C19H21ClO7. The predicted octanol–water partition coefficient (Wildman–Crippen LogP) is 5.35. The number of rotatable bonds is 5. The number of ether oxygens (including phenoxy) is 5. The van der Waals surface area contributed by atoms with E-state index in [-0.39, 0.29) is 29.5 Å². The smallest absolute Gasteiger partial charge is 0.493 e. The van der Waals surface area contributed by atoms with Crippen molar-refractivity contribution in [2.45, 2.75) is 39.9 Å². The van der Waals surface area contributed by atoms with Gasteiger partial charge in [0, 0.05) is 21.9 Å². The highest BCUT2D eigenvalue weighted by molar-refractivity contribution is 6.31. The van der Waals surface area contributed by atoms with Crippen LogP contribution in [0.2, 0.25) is 5.02 Å². The van der Waals surface area contributed by atoms with Crippen molar-refractivity contribution in [3.8, 4) is 17.2 Å². The molecule has 0 saturated carbocycles. The minimum Gasteiger partial charge on any atom is -0.493 e. The Morgan fingerprint density at radius 2 is 1.44 bits per heavy atom. The number of hydrogen-bond acceptors (Lipinski definition) is 7. The third-order valence-corrected chi connectivity index (χ3v) is 3.48. The molecule has 7 nitrogen and oxygen atoms in total. The van der Waals surface area contributed by atoms with Crippen LogP contribution < -0.4 is 14.2 Å². The highest BCUT2D eigenvalue weighted by Gasteiger charge is 2.21. The monoisotopic (exact) mass is 396 g/mol. The normalized spacial score (nSPS) is 10.8. The number of fused-ring (bicyclic) bond motifs is 1. The number of benzene rings is 2. The van der Waals surface area contributed by atoms with Gasteiger partial charge in [0.25, 0.3) is 0 Å². The summed E-state index contributed by atoms with van der Waals surface area (Å²) in [5, 5.41) is 1.30. The average molecular weight is 397 g/mol. The fraction of sp³-hybridized carbons (Fsp3) is 0.368. The topological polar surface area (TPSA) is 80.3 Å². The van der Waals surface area contributed by atoms with E-state index in [0.29, 0.717) is 15.8 Å². The quantitative estimate of drug-likeness (QED) is 0.497. The van der Waals surface area contributed by atoms with Gasteiger partial charge in [-0.1, -0.05) is 11.6 Å². The van der Waals surface area contributed by atoms with Crippen LogP contribution in [0.15, 0.2) is 24.3 Å². The second kappa shape index (κ2) is 8.81. The second-order valence-electron chi connectivity index (χ2n) is 6.13. The van der Waals surface area contributed by atoms with Crippen LogP contribution in [-0.4, -0.2) is 31.6 Å². The standard InChI is InChI=1S/C19H21ClO7/c1-10(2)24-18(21)26-15-9-16(23-5)17(27-19(22)25-11(3)4)13-7-6-12(20)8-14(13)15/h6-11H,1-5H3. The molecule has 0 aliphatic heterocycles. The Morgan fingerprint density at radius 3 is 2.00 bits per heavy atom. The van der Waals surface area contributed by atoms with Crippen LogP contribution in [0.5, 0.6) is 17.2 Å². The summed E-state index contributed by atoms with van der Waals surface area (Å²) in [6.07, 6.45) is -2.45. The van der Waals surface area contributed by atoms with Gasteiger partial charge in [0.1, 0.15) is 5.75 Å². The van der Waals surface area contributed by atoms with Crippen molar-refractivity contribution in [3.05, 3.63) is 29.3 Å². The first-order chi connectivity index (χ1) is 12.7. The summed E-state index contributed by atoms with van der Waals surface area (Å²) in [6, 6.07) is 6.23. The lowest BCUT2D eigenvalue weighted by atomic mass is 10.1. The van der Waals surface area contributed by atoms with Crippen molar-refractivity contribution < 1.29 is 33.3 Å². The van der Waals surface area contributed by atoms with E-state index in [9.17, 15) is 9.59 Å². The molecule has 0 aliphatic rings. The molecule has 146 valence electrons.